The van der Waals surface area contributed by atoms with Crippen LogP contribution in [-0.2, 0) is 13.6 Å². The van der Waals surface area contributed by atoms with Gasteiger partial charge >= 0.3 is 0 Å². The SMILES string of the molecule is C[n+]1ccn(CCCCC(O)Br)c1. The van der Waals surface area contributed by atoms with Gasteiger partial charge in [0.2, 0.25) is 6.33 Å². The van der Waals surface area contributed by atoms with E-state index in [0.717, 1.165) is 25.8 Å². The van der Waals surface area contributed by atoms with Crippen molar-refractivity contribution in [2.75, 3.05) is 0 Å². The van der Waals surface area contributed by atoms with Crippen LogP contribution in [0.3, 0.4) is 0 Å². The molecule has 0 aromatic carbocycles. The Morgan fingerprint density at radius 2 is 2.31 bits per heavy atom. The van der Waals surface area contributed by atoms with Crippen molar-refractivity contribution in [3.8, 4) is 0 Å². The number of alkyl halides is 1. The molecule has 1 rings (SSSR count). The lowest BCUT2D eigenvalue weighted by atomic mass is 10.2. The molecule has 0 saturated heterocycles. The van der Waals surface area contributed by atoms with Gasteiger partial charge in [0.25, 0.3) is 0 Å². The molecule has 0 aliphatic carbocycles. The number of hydrogen-bond acceptors (Lipinski definition) is 1. The zero-order valence-corrected chi connectivity index (χ0v) is 9.44. The van der Waals surface area contributed by atoms with Crippen LogP contribution in [0.4, 0.5) is 0 Å². The van der Waals surface area contributed by atoms with Crippen LogP contribution in [0, 0.1) is 0 Å². The van der Waals surface area contributed by atoms with E-state index in [-0.39, 0.29) is 5.01 Å². The lowest BCUT2D eigenvalue weighted by Crippen LogP contribution is -2.23. The number of imidazole rings is 1. The second-order valence-corrected chi connectivity index (χ2v) is 4.30. The molecule has 0 bridgehead atoms. The fourth-order valence-corrected chi connectivity index (χ4v) is 1.56. The maximum Gasteiger partial charge on any atom is 0.243 e. The zero-order chi connectivity index (χ0) is 9.68. The van der Waals surface area contributed by atoms with E-state index < -0.39 is 0 Å². The van der Waals surface area contributed by atoms with Gasteiger partial charge < -0.3 is 5.11 Å². The number of aliphatic hydroxyl groups is 1. The van der Waals surface area contributed by atoms with Crippen molar-refractivity contribution >= 4 is 15.9 Å². The molecule has 0 saturated carbocycles. The summed E-state index contributed by atoms with van der Waals surface area (Å²) in [7, 11) is 2.01. The Bertz CT molecular complexity index is 248. The molecule has 0 fully saturated rings. The van der Waals surface area contributed by atoms with E-state index in [4.69, 9.17) is 5.11 Å². The van der Waals surface area contributed by atoms with Crippen LogP contribution >= 0.6 is 15.9 Å². The highest BCUT2D eigenvalue weighted by Crippen LogP contribution is 2.06. The van der Waals surface area contributed by atoms with E-state index in [9.17, 15) is 0 Å². The van der Waals surface area contributed by atoms with E-state index >= 15 is 0 Å². The van der Waals surface area contributed by atoms with Gasteiger partial charge in [0.1, 0.15) is 17.4 Å². The van der Waals surface area contributed by atoms with Crippen LogP contribution in [0.25, 0.3) is 0 Å². The third kappa shape index (κ3) is 4.43. The Hall–Kier alpha value is -0.350. The number of hydrogen-bond donors (Lipinski definition) is 1. The summed E-state index contributed by atoms with van der Waals surface area (Å²) >= 11 is 3.11. The van der Waals surface area contributed by atoms with Gasteiger partial charge in [-0.1, -0.05) is 15.9 Å². The predicted octanol–water partition coefficient (Wildman–Crippen LogP) is 1.20. The van der Waals surface area contributed by atoms with Crippen LogP contribution in [0.15, 0.2) is 18.7 Å². The fraction of sp³-hybridized carbons (Fsp3) is 0.667. The second kappa shape index (κ2) is 5.40. The highest BCUT2D eigenvalue weighted by molar-refractivity contribution is 9.09. The number of aliphatic hydroxyl groups excluding tert-OH is 1. The monoisotopic (exact) mass is 247 g/mol. The average Bonchev–Trinajstić information content (AvgIpc) is 2.45. The summed E-state index contributed by atoms with van der Waals surface area (Å²) in [5.74, 6) is 0. The Morgan fingerprint density at radius 1 is 1.54 bits per heavy atom. The molecule has 0 radical (unpaired) electrons. The summed E-state index contributed by atoms with van der Waals surface area (Å²) in [6.45, 7) is 1.03. The first-order valence-corrected chi connectivity index (χ1v) is 5.43. The summed E-state index contributed by atoms with van der Waals surface area (Å²) < 4.78 is 4.18. The Morgan fingerprint density at radius 3 is 2.85 bits per heavy atom. The van der Waals surface area contributed by atoms with Crippen molar-refractivity contribution in [1.29, 1.82) is 0 Å². The molecule has 1 N–H and O–H groups in total. The largest absolute Gasteiger partial charge is 0.382 e. The van der Waals surface area contributed by atoms with E-state index in [1.54, 1.807) is 0 Å². The highest BCUT2D eigenvalue weighted by Gasteiger charge is 2.01. The minimum absolute atomic E-state index is 0.340. The normalized spacial score (nSPS) is 13.2. The first-order chi connectivity index (χ1) is 6.18. The molecule has 0 spiro atoms. The molecule has 1 unspecified atom stereocenters. The van der Waals surface area contributed by atoms with Crippen molar-refractivity contribution in [2.24, 2.45) is 7.05 Å². The number of aryl methyl sites for hydroxylation is 2. The third-order valence-electron chi connectivity index (χ3n) is 1.93. The molecule has 1 heterocycles. The molecule has 4 heteroatoms. The van der Waals surface area contributed by atoms with Crippen LogP contribution in [0.2, 0.25) is 0 Å². The Kier molecular flexibility index (Phi) is 4.45. The Labute approximate surface area is 87.1 Å². The van der Waals surface area contributed by atoms with Gasteiger partial charge in [-0.15, -0.1) is 0 Å². The van der Waals surface area contributed by atoms with Gasteiger partial charge in [0, 0.05) is 0 Å². The molecule has 0 amide bonds. The summed E-state index contributed by atoms with van der Waals surface area (Å²) in [4.78, 5) is 0. The smallest absolute Gasteiger partial charge is 0.243 e. The highest BCUT2D eigenvalue weighted by atomic mass is 79.9. The lowest BCUT2D eigenvalue weighted by molar-refractivity contribution is -0.671. The molecule has 1 aromatic rings. The molecular weight excluding hydrogens is 232 g/mol. The molecular formula is C9H16BrN2O+. The molecule has 13 heavy (non-hydrogen) atoms. The van der Waals surface area contributed by atoms with Crippen LogP contribution in [-0.4, -0.2) is 14.7 Å². The van der Waals surface area contributed by atoms with E-state index in [2.05, 4.69) is 33.0 Å². The van der Waals surface area contributed by atoms with Crippen LogP contribution in [0.5, 0.6) is 0 Å². The fourth-order valence-electron chi connectivity index (χ4n) is 1.24. The summed E-state index contributed by atoms with van der Waals surface area (Å²) in [6.07, 6.45) is 9.13. The van der Waals surface area contributed by atoms with Crippen LogP contribution < -0.4 is 4.57 Å². The van der Waals surface area contributed by atoms with E-state index in [1.165, 1.54) is 0 Å². The molecule has 0 aliphatic heterocycles. The van der Waals surface area contributed by atoms with Crippen molar-refractivity contribution in [3.63, 3.8) is 0 Å². The third-order valence-corrected chi connectivity index (χ3v) is 2.39. The number of rotatable bonds is 5. The van der Waals surface area contributed by atoms with E-state index in [1.807, 2.05) is 17.8 Å². The first kappa shape index (κ1) is 10.7. The molecule has 74 valence electrons. The summed E-state index contributed by atoms with van der Waals surface area (Å²) in [5, 5.41) is 8.62. The molecule has 3 nitrogen and oxygen atoms in total. The van der Waals surface area contributed by atoms with Gasteiger partial charge in [-0.25, -0.2) is 9.13 Å². The number of aromatic nitrogens is 2. The minimum atomic E-state index is -0.340. The zero-order valence-electron chi connectivity index (χ0n) is 7.86. The van der Waals surface area contributed by atoms with Gasteiger partial charge in [0.15, 0.2) is 0 Å². The van der Waals surface area contributed by atoms with Crippen molar-refractivity contribution in [3.05, 3.63) is 18.7 Å². The Balaban J connectivity index is 2.13. The van der Waals surface area contributed by atoms with Gasteiger partial charge in [-0.05, 0) is 19.3 Å². The van der Waals surface area contributed by atoms with Crippen molar-refractivity contribution in [1.82, 2.24) is 4.57 Å². The lowest BCUT2D eigenvalue weighted by Gasteiger charge is -2.00. The standard InChI is InChI=1S/C9H16BrN2O/c1-11-6-7-12(8-11)5-3-2-4-9(10)13/h6-9,13H,2-5H2,1H3/q+1. The van der Waals surface area contributed by atoms with Crippen molar-refractivity contribution in [2.45, 2.75) is 30.8 Å². The minimum Gasteiger partial charge on any atom is -0.382 e. The van der Waals surface area contributed by atoms with Gasteiger partial charge in [-0.3, -0.25) is 0 Å². The van der Waals surface area contributed by atoms with Crippen LogP contribution in [0.1, 0.15) is 19.3 Å². The van der Waals surface area contributed by atoms with Gasteiger partial charge in [-0.2, -0.15) is 0 Å². The quantitative estimate of drug-likeness (QED) is 0.473. The average molecular weight is 248 g/mol. The topological polar surface area (TPSA) is 29.0 Å². The summed E-state index contributed by atoms with van der Waals surface area (Å²) in [5.41, 5.74) is 0. The molecule has 1 atom stereocenters. The number of halogens is 1. The van der Waals surface area contributed by atoms with Crippen molar-refractivity contribution < 1.29 is 9.67 Å². The predicted molar refractivity (Wildman–Crippen MR) is 54.4 cm³/mol. The molecule has 0 aliphatic rings. The van der Waals surface area contributed by atoms with E-state index in [0.29, 0.717) is 0 Å². The maximum absolute atomic E-state index is 8.96. The second-order valence-electron chi connectivity index (χ2n) is 3.25. The molecule has 1 aromatic heterocycles. The summed E-state index contributed by atoms with van der Waals surface area (Å²) in [6, 6.07) is 0. The maximum atomic E-state index is 8.96. The number of unbranched alkanes of at least 4 members (excludes halogenated alkanes) is 1. The number of nitrogens with zero attached hydrogens (tertiary/aromatic N) is 2. The van der Waals surface area contributed by atoms with Gasteiger partial charge in [0.05, 0.1) is 13.6 Å². The first-order valence-electron chi connectivity index (χ1n) is 4.51.